The standard InChI is InChI=1S/C21H30O9/c1-8-27-20(25)18-15-14(16(30-18)10(4)22)13(9(2)3)17(28-11(5)23)19(21(15,7)26)29-12(6)24/h9,13-14,16-17,19,26H,8H2,1-7H3/t13-,14-,16+,17+,19+,21+/m1/s1. The SMILES string of the molecule is CCOC(=O)C1=C2[C@@H]([C@@H](C(C)C)[C@H](OC(C)=O)[C@H](OC(C)=O)[C@@]2(C)O)[C@H](C(C)=O)O1. The van der Waals surface area contributed by atoms with E-state index >= 15 is 0 Å². The van der Waals surface area contributed by atoms with Gasteiger partial charge in [-0.25, -0.2) is 4.79 Å². The van der Waals surface area contributed by atoms with E-state index < -0.39 is 53.7 Å². The monoisotopic (exact) mass is 426 g/mol. The molecule has 2 rings (SSSR count). The van der Waals surface area contributed by atoms with Crippen molar-refractivity contribution in [3.05, 3.63) is 11.3 Å². The zero-order valence-electron chi connectivity index (χ0n) is 18.4. The number of rotatable bonds is 6. The summed E-state index contributed by atoms with van der Waals surface area (Å²) in [6.07, 6.45) is -3.44. The first kappa shape index (κ1) is 23.9. The van der Waals surface area contributed by atoms with Crippen LogP contribution in [-0.2, 0) is 38.1 Å². The minimum atomic E-state index is -1.95. The molecule has 6 atom stereocenters. The summed E-state index contributed by atoms with van der Waals surface area (Å²) in [6, 6.07) is 0. The molecule has 9 heteroatoms. The molecule has 9 nitrogen and oxygen atoms in total. The van der Waals surface area contributed by atoms with Gasteiger partial charge in [0.25, 0.3) is 0 Å². The average Bonchev–Trinajstić information content (AvgIpc) is 2.99. The Kier molecular flexibility index (Phi) is 6.96. The topological polar surface area (TPSA) is 125 Å². The quantitative estimate of drug-likeness (QED) is 0.494. The van der Waals surface area contributed by atoms with E-state index in [1.54, 1.807) is 6.92 Å². The van der Waals surface area contributed by atoms with Crippen LogP contribution < -0.4 is 0 Å². The lowest BCUT2D eigenvalue weighted by Crippen LogP contribution is -2.63. The molecule has 0 aromatic carbocycles. The van der Waals surface area contributed by atoms with Crippen molar-refractivity contribution in [1.29, 1.82) is 0 Å². The number of Topliss-reactive ketones (excluding diaryl/α,β-unsaturated/α-hetero) is 1. The zero-order valence-corrected chi connectivity index (χ0v) is 18.4. The fraction of sp³-hybridized carbons (Fsp3) is 0.714. The van der Waals surface area contributed by atoms with Crippen LogP contribution in [0.2, 0.25) is 0 Å². The fourth-order valence-corrected chi connectivity index (χ4v) is 4.58. The van der Waals surface area contributed by atoms with E-state index in [0.29, 0.717) is 0 Å². The smallest absolute Gasteiger partial charge is 0.373 e. The van der Waals surface area contributed by atoms with Crippen LogP contribution >= 0.6 is 0 Å². The lowest BCUT2D eigenvalue weighted by Gasteiger charge is -2.50. The predicted molar refractivity (Wildman–Crippen MR) is 103 cm³/mol. The molecule has 1 heterocycles. The Labute approximate surface area is 175 Å². The highest BCUT2D eigenvalue weighted by Gasteiger charge is 2.64. The number of esters is 3. The molecule has 0 bridgehead atoms. The Hall–Kier alpha value is -2.42. The first-order valence-electron chi connectivity index (χ1n) is 10.00. The summed E-state index contributed by atoms with van der Waals surface area (Å²) in [5.41, 5.74) is -1.83. The predicted octanol–water partition coefficient (Wildman–Crippen LogP) is 1.31. The largest absolute Gasteiger partial charge is 0.475 e. The van der Waals surface area contributed by atoms with Gasteiger partial charge >= 0.3 is 17.9 Å². The highest BCUT2D eigenvalue weighted by Crippen LogP contribution is 2.53. The second kappa shape index (κ2) is 8.75. The molecule has 0 spiro atoms. The highest BCUT2D eigenvalue weighted by atomic mass is 16.6. The minimum Gasteiger partial charge on any atom is -0.475 e. The van der Waals surface area contributed by atoms with Gasteiger partial charge in [0, 0.05) is 31.3 Å². The molecule has 1 N–H and O–H groups in total. The third-order valence-corrected chi connectivity index (χ3v) is 5.57. The summed E-state index contributed by atoms with van der Waals surface area (Å²) in [5.74, 6) is -4.30. The molecule has 0 aromatic rings. The van der Waals surface area contributed by atoms with Crippen LogP contribution in [0.25, 0.3) is 0 Å². The number of hydrogen-bond acceptors (Lipinski definition) is 9. The molecule has 1 fully saturated rings. The van der Waals surface area contributed by atoms with Gasteiger partial charge in [-0.3, -0.25) is 14.4 Å². The number of aliphatic hydroxyl groups is 1. The molecule has 0 saturated heterocycles. The van der Waals surface area contributed by atoms with Gasteiger partial charge in [0.15, 0.2) is 18.0 Å². The Morgan fingerprint density at radius 1 is 1.10 bits per heavy atom. The van der Waals surface area contributed by atoms with Crippen molar-refractivity contribution in [2.24, 2.45) is 17.8 Å². The van der Waals surface area contributed by atoms with Gasteiger partial charge in [-0.15, -0.1) is 0 Å². The van der Waals surface area contributed by atoms with Crippen LogP contribution in [0.4, 0.5) is 0 Å². The van der Waals surface area contributed by atoms with Crippen molar-refractivity contribution in [2.45, 2.75) is 72.4 Å². The molecule has 30 heavy (non-hydrogen) atoms. The van der Waals surface area contributed by atoms with Crippen LogP contribution in [0.1, 0.15) is 48.5 Å². The van der Waals surface area contributed by atoms with E-state index in [9.17, 15) is 24.3 Å². The van der Waals surface area contributed by atoms with Gasteiger partial charge in [-0.05, 0) is 26.7 Å². The maximum Gasteiger partial charge on any atom is 0.373 e. The maximum absolute atomic E-state index is 12.6. The Bertz CT molecular complexity index is 764. The molecule has 0 aromatic heterocycles. The summed E-state index contributed by atoms with van der Waals surface area (Å²) in [6.45, 7) is 10.4. The van der Waals surface area contributed by atoms with Crippen molar-refractivity contribution < 1.29 is 43.2 Å². The van der Waals surface area contributed by atoms with E-state index in [1.807, 2.05) is 13.8 Å². The fourth-order valence-electron chi connectivity index (χ4n) is 4.58. The second-order valence-electron chi connectivity index (χ2n) is 8.21. The van der Waals surface area contributed by atoms with Crippen molar-refractivity contribution in [3.8, 4) is 0 Å². The van der Waals surface area contributed by atoms with Crippen molar-refractivity contribution in [2.75, 3.05) is 6.61 Å². The summed E-state index contributed by atoms with van der Waals surface area (Å²) in [4.78, 5) is 48.7. The first-order valence-corrected chi connectivity index (χ1v) is 10.00. The molecule has 2 aliphatic rings. The highest BCUT2D eigenvalue weighted by molar-refractivity contribution is 5.91. The number of carbonyl (C=O) groups is 4. The number of fused-ring (bicyclic) bond motifs is 1. The first-order chi connectivity index (χ1) is 13.8. The molecule has 0 amide bonds. The van der Waals surface area contributed by atoms with Gasteiger partial charge < -0.3 is 24.1 Å². The van der Waals surface area contributed by atoms with E-state index in [4.69, 9.17) is 18.9 Å². The van der Waals surface area contributed by atoms with Crippen molar-refractivity contribution in [3.63, 3.8) is 0 Å². The zero-order chi connectivity index (χ0) is 23.0. The van der Waals surface area contributed by atoms with Crippen LogP contribution in [0.15, 0.2) is 11.3 Å². The van der Waals surface area contributed by atoms with Gasteiger partial charge in [0.05, 0.1) is 6.61 Å². The minimum absolute atomic E-state index is 0.0631. The molecule has 0 radical (unpaired) electrons. The summed E-state index contributed by atoms with van der Waals surface area (Å²) in [7, 11) is 0. The summed E-state index contributed by atoms with van der Waals surface area (Å²) < 4.78 is 21.7. The molecule has 1 saturated carbocycles. The Morgan fingerprint density at radius 2 is 1.67 bits per heavy atom. The summed E-state index contributed by atoms with van der Waals surface area (Å²) >= 11 is 0. The van der Waals surface area contributed by atoms with Gasteiger partial charge in [-0.1, -0.05) is 13.8 Å². The van der Waals surface area contributed by atoms with Crippen LogP contribution in [0, 0.1) is 17.8 Å². The third kappa shape index (κ3) is 4.21. The second-order valence-corrected chi connectivity index (χ2v) is 8.21. The average molecular weight is 426 g/mol. The van der Waals surface area contributed by atoms with E-state index in [2.05, 4.69) is 0 Å². The van der Waals surface area contributed by atoms with E-state index in [-0.39, 0.29) is 29.6 Å². The Balaban J connectivity index is 2.77. The maximum atomic E-state index is 12.6. The van der Waals surface area contributed by atoms with Crippen LogP contribution in [-0.4, -0.2) is 59.3 Å². The molecular weight excluding hydrogens is 396 g/mol. The van der Waals surface area contributed by atoms with Crippen LogP contribution in [0.3, 0.4) is 0 Å². The Morgan fingerprint density at radius 3 is 2.10 bits per heavy atom. The molecule has 1 aliphatic carbocycles. The van der Waals surface area contributed by atoms with Gasteiger partial charge in [0.2, 0.25) is 5.76 Å². The van der Waals surface area contributed by atoms with Gasteiger partial charge in [0.1, 0.15) is 11.7 Å². The number of carbonyl (C=O) groups excluding carboxylic acids is 4. The number of hydrogen-bond donors (Lipinski definition) is 1. The number of ether oxygens (including phenoxy) is 4. The summed E-state index contributed by atoms with van der Waals surface area (Å²) in [5, 5.41) is 11.5. The molecule has 168 valence electrons. The number of ketones is 1. The lowest BCUT2D eigenvalue weighted by molar-refractivity contribution is -0.205. The van der Waals surface area contributed by atoms with Crippen molar-refractivity contribution >= 4 is 23.7 Å². The van der Waals surface area contributed by atoms with E-state index in [1.165, 1.54) is 27.7 Å². The normalized spacial score (nSPS) is 32.9. The van der Waals surface area contributed by atoms with Crippen molar-refractivity contribution in [1.82, 2.24) is 0 Å². The van der Waals surface area contributed by atoms with Gasteiger partial charge in [-0.2, -0.15) is 0 Å². The molecule has 0 unspecified atom stereocenters. The molecule has 1 aliphatic heterocycles. The van der Waals surface area contributed by atoms with Crippen LogP contribution in [0.5, 0.6) is 0 Å². The molecular formula is C21H30O9. The third-order valence-electron chi connectivity index (χ3n) is 5.57. The lowest BCUT2D eigenvalue weighted by atomic mass is 9.60. The van der Waals surface area contributed by atoms with E-state index in [0.717, 1.165) is 0 Å².